The van der Waals surface area contributed by atoms with Gasteiger partial charge in [0, 0.05) is 5.56 Å². The van der Waals surface area contributed by atoms with Gasteiger partial charge in [0.05, 0.1) is 22.5 Å². The van der Waals surface area contributed by atoms with Gasteiger partial charge in [0.15, 0.2) is 11.5 Å². The summed E-state index contributed by atoms with van der Waals surface area (Å²) in [4.78, 5) is 33.1. The molecule has 0 aliphatic heterocycles. The summed E-state index contributed by atoms with van der Waals surface area (Å²) in [5.41, 5.74) is 6.34. The SMILES string of the molecule is Cc1noc(/C=C/c2ccccc2)c1NC(=O)c1c(C)nc(C)c(C(=O)Nc2c(C)noc2/C=C/c2ccccc2)c1-c1ccccc1. The van der Waals surface area contributed by atoms with Crippen LogP contribution in [0.3, 0.4) is 0 Å². The smallest absolute Gasteiger partial charge is 0.258 e. The number of anilines is 2. The van der Waals surface area contributed by atoms with Gasteiger partial charge >= 0.3 is 0 Å². The zero-order chi connectivity index (χ0) is 33.6. The van der Waals surface area contributed by atoms with Crippen molar-refractivity contribution in [1.29, 1.82) is 0 Å². The monoisotopic (exact) mass is 635 g/mol. The molecule has 238 valence electrons. The first-order valence-electron chi connectivity index (χ1n) is 15.4. The van der Waals surface area contributed by atoms with Crippen LogP contribution in [-0.4, -0.2) is 27.1 Å². The van der Waals surface area contributed by atoms with E-state index in [1.807, 2.05) is 103 Å². The fraction of sp³-hybridized carbons (Fsp3) is 0.103. The lowest BCUT2D eigenvalue weighted by Crippen LogP contribution is -2.22. The van der Waals surface area contributed by atoms with E-state index in [2.05, 4.69) is 25.9 Å². The van der Waals surface area contributed by atoms with Crippen molar-refractivity contribution in [3.05, 3.63) is 148 Å². The van der Waals surface area contributed by atoms with Crippen LogP contribution >= 0.6 is 0 Å². The molecule has 3 heterocycles. The first kappa shape index (κ1) is 31.6. The number of hydrogen-bond acceptors (Lipinski definition) is 7. The highest BCUT2D eigenvalue weighted by molar-refractivity contribution is 6.17. The normalized spacial score (nSPS) is 11.3. The van der Waals surface area contributed by atoms with Crippen LogP contribution in [0.1, 0.15) is 66.1 Å². The van der Waals surface area contributed by atoms with Crippen molar-refractivity contribution in [2.75, 3.05) is 10.6 Å². The summed E-state index contributed by atoms with van der Waals surface area (Å²) in [5, 5.41) is 14.2. The summed E-state index contributed by atoms with van der Waals surface area (Å²) in [7, 11) is 0. The molecule has 0 radical (unpaired) electrons. The fourth-order valence-corrected chi connectivity index (χ4v) is 5.43. The second-order valence-corrected chi connectivity index (χ2v) is 11.2. The molecular formula is C39H33N5O4. The van der Waals surface area contributed by atoms with Gasteiger partial charge in [-0.1, -0.05) is 113 Å². The molecule has 2 N–H and O–H groups in total. The Balaban J connectivity index is 1.39. The van der Waals surface area contributed by atoms with Gasteiger partial charge in [-0.05, 0) is 56.5 Å². The maximum absolute atomic E-state index is 14.2. The molecule has 0 unspecified atom stereocenters. The molecule has 6 aromatic rings. The molecule has 0 saturated heterocycles. The largest absolute Gasteiger partial charge is 0.354 e. The third-order valence-electron chi connectivity index (χ3n) is 7.78. The quantitative estimate of drug-likeness (QED) is 0.163. The molecule has 48 heavy (non-hydrogen) atoms. The lowest BCUT2D eigenvalue weighted by atomic mass is 9.91. The summed E-state index contributed by atoms with van der Waals surface area (Å²) in [6, 6.07) is 28.8. The predicted molar refractivity (Wildman–Crippen MR) is 188 cm³/mol. The first-order valence-corrected chi connectivity index (χ1v) is 15.4. The van der Waals surface area contributed by atoms with Crippen LogP contribution in [0.5, 0.6) is 0 Å². The van der Waals surface area contributed by atoms with E-state index in [4.69, 9.17) is 9.05 Å². The Morgan fingerprint density at radius 1 is 0.542 bits per heavy atom. The maximum Gasteiger partial charge on any atom is 0.258 e. The molecule has 6 rings (SSSR count). The van der Waals surface area contributed by atoms with Gasteiger partial charge in [-0.2, -0.15) is 0 Å². The lowest BCUT2D eigenvalue weighted by Gasteiger charge is -2.19. The number of aromatic nitrogens is 3. The van der Waals surface area contributed by atoms with E-state index >= 15 is 0 Å². The number of carbonyl (C=O) groups excluding carboxylic acids is 2. The van der Waals surface area contributed by atoms with E-state index in [9.17, 15) is 9.59 Å². The number of benzene rings is 3. The first-order chi connectivity index (χ1) is 23.3. The minimum atomic E-state index is -0.457. The lowest BCUT2D eigenvalue weighted by molar-refractivity contribution is 0.102. The van der Waals surface area contributed by atoms with E-state index in [1.165, 1.54) is 0 Å². The second-order valence-electron chi connectivity index (χ2n) is 11.2. The molecule has 2 amide bonds. The molecule has 9 nitrogen and oxygen atoms in total. The molecule has 0 spiro atoms. The highest BCUT2D eigenvalue weighted by Gasteiger charge is 2.28. The Morgan fingerprint density at radius 3 is 1.35 bits per heavy atom. The number of carbonyl (C=O) groups is 2. The summed E-state index contributed by atoms with van der Waals surface area (Å²) in [6.45, 7) is 7.01. The highest BCUT2D eigenvalue weighted by atomic mass is 16.5. The number of nitrogens with zero attached hydrogens (tertiary/aromatic N) is 3. The van der Waals surface area contributed by atoms with Gasteiger partial charge in [-0.25, -0.2) is 0 Å². The third kappa shape index (κ3) is 6.75. The number of rotatable bonds is 9. The molecular weight excluding hydrogens is 602 g/mol. The van der Waals surface area contributed by atoms with Crippen LogP contribution < -0.4 is 10.6 Å². The van der Waals surface area contributed by atoms with Gasteiger partial charge in [-0.3, -0.25) is 14.6 Å². The van der Waals surface area contributed by atoms with Crippen molar-refractivity contribution in [1.82, 2.24) is 15.3 Å². The number of nitrogens with one attached hydrogen (secondary N) is 2. The number of amides is 2. The van der Waals surface area contributed by atoms with Gasteiger partial charge in [0.2, 0.25) is 0 Å². The van der Waals surface area contributed by atoms with Crippen molar-refractivity contribution < 1.29 is 18.6 Å². The van der Waals surface area contributed by atoms with Gasteiger partial charge < -0.3 is 19.7 Å². The summed E-state index contributed by atoms with van der Waals surface area (Å²) >= 11 is 0. The van der Waals surface area contributed by atoms with E-state index < -0.39 is 11.8 Å². The number of pyridine rings is 1. The minimum absolute atomic E-state index is 0.252. The van der Waals surface area contributed by atoms with Crippen LogP contribution in [0, 0.1) is 27.7 Å². The van der Waals surface area contributed by atoms with Gasteiger partial charge in [0.1, 0.15) is 22.8 Å². The molecule has 0 aliphatic carbocycles. The van der Waals surface area contributed by atoms with E-state index in [0.717, 1.165) is 11.1 Å². The van der Waals surface area contributed by atoms with Crippen molar-refractivity contribution in [2.24, 2.45) is 0 Å². The van der Waals surface area contributed by atoms with Crippen LogP contribution in [-0.2, 0) is 0 Å². The van der Waals surface area contributed by atoms with Gasteiger partial charge in [-0.15, -0.1) is 0 Å². The second kappa shape index (κ2) is 14.0. The van der Waals surface area contributed by atoms with Crippen molar-refractivity contribution in [3.63, 3.8) is 0 Å². The molecule has 0 bridgehead atoms. The van der Waals surface area contributed by atoms with Crippen molar-refractivity contribution >= 4 is 47.5 Å². The van der Waals surface area contributed by atoms with E-state index in [0.29, 0.717) is 56.8 Å². The predicted octanol–water partition coefficient (Wildman–Crippen LogP) is 8.80. The van der Waals surface area contributed by atoms with Crippen LogP contribution in [0.15, 0.2) is 100 Å². The van der Waals surface area contributed by atoms with E-state index in [1.54, 1.807) is 39.8 Å². The van der Waals surface area contributed by atoms with Crippen LogP contribution in [0.25, 0.3) is 35.4 Å². The number of aryl methyl sites for hydroxylation is 4. The van der Waals surface area contributed by atoms with Crippen molar-refractivity contribution in [2.45, 2.75) is 27.7 Å². The molecule has 0 fully saturated rings. The molecule has 0 saturated carbocycles. The Bertz CT molecular complexity index is 2020. The Labute approximate surface area is 278 Å². The molecule has 3 aromatic carbocycles. The van der Waals surface area contributed by atoms with Crippen molar-refractivity contribution in [3.8, 4) is 11.1 Å². The Hall–Kier alpha value is -6.35. The van der Waals surface area contributed by atoms with Gasteiger partial charge in [0.25, 0.3) is 11.8 Å². The maximum atomic E-state index is 14.2. The highest BCUT2D eigenvalue weighted by Crippen LogP contribution is 2.34. The standard InChI is InChI=1S/C39H33N5O4/c1-24-33(38(45)41-36-26(3)43-47-31(36)22-20-28-14-8-5-9-15-28)35(30-18-12-7-13-19-30)34(25(2)40-24)39(46)42-37-27(4)44-48-32(37)23-21-29-16-10-6-11-17-29/h5-23H,1-4H3,(H,41,45)(H,42,46)/b22-20+,23-21+. The Morgan fingerprint density at radius 2 is 0.938 bits per heavy atom. The molecule has 0 aliphatic rings. The Kier molecular flexibility index (Phi) is 9.20. The number of hydrogen-bond donors (Lipinski definition) is 2. The zero-order valence-electron chi connectivity index (χ0n) is 26.9. The molecule has 9 heteroatoms. The van der Waals surface area contributed by atoms with Crippen LogP contribution in [0.4, 0.5) is 11.4 Å². The third-order valence-corrected chi connectivity index (χ3v) is 7.78. The van der Waals surface area contributed by atoms with E-state index in [-0.39, 0.29) is 11.1 Å². The summed E-state index contributed by atoms with van der Waals surface area (Å²) < 4.78 is 11.1. The average Bonchev–Trinajstić information content (AvgIpc) is 3.63. The van der Waals surface area contributed by atoms with Crippen LogP contribution in [0.2, 0.25) is 0 Å². The topological polar surface area (TPSA) is 123 Å². The summed E-state index contributed by atoms with van der Waals surface area (Å²) in [6.07, 6.45) is 7.27. The average molecular weight is 636 g/mol. The fourth-order valence-electron chi connectivity index (χ4n) is 5.43. The zero-order valence-corrected chi connectivity index (χ0v) is 26.9. The minimum Gasteiger partial charge on any atom is -0.354 e. The summed E-state index contributed by atoms with van der Waals surface area (Å²) in [5.74, 6) is -0.135. The molecule has 3 aromatic heterocycles. The molecule has 0 atom stereocenters.